The predicted molar refractivity (Wildman–Crippen MR) is 145 cm³/mol. The fourth-order valence-electron chi connectivity index (χ4n) is 2.36. The van der Waals surface area contributed by atoms with Crippen LogP contribution in [0, 0.1) is 25.0 Å². The quantitative estimate of drug-likeness (QED) is 0.339. The van der Waals surface area contributed by atoms with E-state index in [0.29, 0.717) is 0 Å². The summed E-state index contributed by atoms with van der Waals surface area (Å²) in [4.78, 5) is 0. The molecule has 0 aliphatic rings. The maximum absolute atomic E-state index is 3.30. The van der Waals surface area contributed by atoms with Gasteiger partial charge in [-0.15, -0.1) is 0 Å². The number of hydrogen-bond donors (Lipinski definition) is 0. The van der Waals surface area contributed by atoms with Gasteiger partial charge in [0.2, 0.25) is 0 Å². The predicted octanol–water partition coefficient (Wildman–Crippen LogP) is 6.07. The van der Waals surface area contributed by atoms with Crippen LogP contribution in [0.5, 0.6) is 0 Å². The second-order valence-electron chi connectivity index (χ2n) is 8.71. The molecule has 0 unspecified atom stereocenters. The standard InChI is InChI=1S/C10H11.2C6H16P2.W.H/c1-7-5-8(2)10(4)9(3)6-7;2*1-7(2)5-6-8(3)4;;/h5-6H,1-3H3;2*5-6H2,1-4H3;;/p+4. The topological polar surface area (TPSA) is 0 Å². The summed E-state index contributed by atoms with van der Waals surface area (Å²) < 4.78 is 3.30. The second kappa shape index (κ2) is 18.2. The maximum atomic E-state index is 3.30. The van der Waals surface area contributed by atoms with E-state index in [-0.39, 0.29) is 31.7 Å². The fourth-order valence-corrected chi connectivity index (χ4v) is 11.6. The minimum atomic E-state index is 0.0957. The SMILES string of the molecule is C[PH+](C)CC[PH+](C)C.C[PH+](C)CC[PH+](C)C.Cc1cc(C)c([C]#[WH])c(C)c1. The van der Waals surface area contributed by atoms with E-state index < -0.39 is 0 Å². The molecular weight excluding hydrogens is 572 g/mol. The molecular formula is C22H48P4W+4. The molecule has 27 heavy (non-hydrogen) atoms. The Morgan fingerprint density at radius 2 is 0.889 bits per heavy atom. The van der Waals surface area contributed by atoms with Crippen molar-refractivity contribution in [3.05, 3.63) is 34.4 Å². The van der Waals surface area contributed by atoms with Gasteiger partial charge in [0, 0.05) is 53.3 Å². The van der Waals surface area contributed by atoms with Crippen molar-refractivity contribution < 1.29 is 19.2 Å². The monoisotopic (exact) mass is 620 g/mol. The van der Waals surface area contributed by atoms with Gasteiger partial charge in [-0.3, -0.25) is 0 Å². The van der Waals surface area contributed by atoms with E-state index in [1.165, 1.54) is 66.1 Å². The van der Waals surface area contributed by atoms with Crippen molar-refractivity contribution in [3.63, 3.8) is 0 Å². The Morgan fingerprint density at radius 1 is 0.630 bits per heavy atom. The first-order valence-corrected chi connectivity index (χ1v) is 22.5. The molecule has 0 saturated heterocycles. The van der Waals surface area contributed by atoms with Gasteiger partial charge >= 0.3 is 78.5 Å². The molecule has 158 valence electrons. The Bertz CT molecular complexity index is 491. The summed E-state index contributed by atoms with van der Waals surface area (Å²) in [6.07, 6.45) is 6.13. The van der Waals surface area contributed by atoms with Crippen molar-refractivity contribution >= 4 is 31.7 Å². The summed E-state index contributed by atoms with van der Waals surface area (Å²) in [5.74, 6) is 0. The van der Waals surface area contributed by atoms with Crippen LogP contribution in [0.3, 0.4) is 0 Å². The van der Waals surface area contributed by atoms with Gasteiger partial charge in [-0.2, -0.15) is 0 Å². The third-order valence-electron chi connectivity index (χ3n) is 4.04. The Labute approximate surface area is 187 Å². The van der Waals surface area contributed by atoms with Crippen LogP contribution in [0.15, 0.2) is 12.1 Å². The van der Waals surface area contributed by atoms with Crippen LogP contribution in [-0.4, -0.2) is 78.0 Å². The van der Waals surface area contributed by atoms with Crippen molar-refractivity contribution in [3.8, 4) is 4.20 Å². The third-order valence-corrected chi connectivity index (χ3v) is 10.8. The molecule has 1 aromatic carbocycles. The molecule has 0 bridgehead atoms. The van der Waals surface area contributed by atoms with Gasteiger partial charge in [0.25, 0.3) is 0 Å². The van der Waals surface area contributed by atoms with Gasteiger partial charge < -0.3 is 0 Å². The zero-order chi connectivity index (χ0) is 21.6. The van der Waals surface area contributed by atoms with Crippen molar-refractivity contribution in [1.82, 2.24) is 0 Å². The number of aryl methyl sites for hydroxylation is 3. The Kier molecular flexibility index (Phi) is 20.6. The summed E-state index contributed by atoms with van der Waals surface area (Å²) >= 11 is 1.21. The van der Waals surface area contributed by atoms with Gasteiger partial charge in [0.1, 0.15) is 0 Å². The summed E-state index contributed by atoms with van der Waals surface area (Å²) in [6.45, 7) is 25.6. The van der Waals surface area contributed by atoms with E-state index in [0.717, 1.165) is 0 Å². The van der Waals surface area contributed by atoms with Crippen molar-refractivity contribution in [2.24, 2.45) is 0 Å². The molecule has 0 radical (unpaired) electrons. The van der Waals surface area contributed by atoms with Crippen molar-refractivity contribution in [2.75, 3.05) is 78.0 Å². The first kappa shape index (κ1) is 30.6. The van der Waals surface area contributed by atoms with Crippen LogP contribution in [0.2, 0.25) is 0 Å². The van der Waals surface area contributed by atoms with Crippen LogP contribution in [0.1, 0.15) is 22.3 Å². The Balaban J connectivity index is 0. The van der Waals surface area contributed by atoms with Crippen LogP contribution < -0.4 is 0 Å². The van der Waals surface area contributed by atoms with Gasteiger partial charge in [-0.1, -0.05) is 0 Å². The van der Waals surface area contributed by atoms with E-state index in [2.05, 4.69) is 90.4 Å². The van der Waals surface area contributed by atoms with Gasteiger partial charge in [-0.05, 0) is 31.7 Å². The zero-order valence-electron chi connectivity index (χ0n) is 19.9. The molecule has 5 heteroatoms. The van der Waals surface area contributed by atoms with Crippen LogP contribution in [0.4, 0.5) is 0 Å². The van der Waals surface area contributed by atoms with E-state index >= 15 is 0 Å². The summed E-state index contributed by atoms with van der Waals surface area (Å²) in [6, 6.07) is 4.42. The summed E-state index contributed by atoms with van der Waals surface area (Å²) in [7, 11) is 0.383. The molecule has 0 fully saturated rings. The Hall–Kier alpha value is 1.41. The fraction of sp³-hybridized carbons (Fsp3) is 0.682. The van der Waals surface area contributed by atoms with E-state index in [4.69, 9.17) is 0 Å². The first-order chi connectivity index (χ1) is 12.4. The molecule has 0 aromatic heterocycles. The normalized spacial score (nSPS) is 10.5. The molecule has 0 aliphatic carbocycles. The van der Waals surface area contributed by atoms with E-state index in [1.807, 2.05) is 0 Å². The zero-order valence-corrected chi connectivity index (χ0v) is 27.1. The average molecular weight is 620 g/mol. The minimum absolute atomic E-state index is 0.0957. The summed E-state index contributed by atoms with van der Waals surface area (Å²) in [5.41, 5.74) is 5.36. The van der Waals surface area contributed by atoms with Crippen LogP contribution >= 0.6 is 31.7 Å². The molecule has 1 rings (SSSR count). The van der Waals surface area contributed by atoms with Gasteiger partial charge in [0.15, 0.2) is 0 Å². The molecule has 0 saturated carbocycles. The van der Waals surface area contributed by atoms with Crippen LogP contribution in [0.25, 0.3) is 0 Å². The molecule has 1 aromatic rings. The van der Waals surface area contributed by atoms with E-state index in [1.54, 1.807) is 0 Å². The summed E-state index contributed by atoms with van der Waals surface area (Å²) in [5, 5.41) is 0. The Morgan fingerprint density at radius 3 is 1.07 bits per heavy atom. The van der Waals surface area contributed by atoms with Crippen LogP contribution in [-0.2, 0) is 19.2 Å². The van der Waals surface area contributed by atoms with Gasteiger partial charge in [0.05, 0.1) is 24.6 Å². The van der Waals surface area contributed by atoms with Gasteiger partial charge in [-0.25, -0.2) is 0 Å². The number of hydrogen-bond acceptors (Lipinski definition) is 0. The third kappa shape index (κ3) is 20.5. The average Bonchev–Trinajstić information content (AvgIpc) is 2.51. The molecule has 0 heterocycles. The molecule has 0 N–H and O–H groups in total. The van der Waals surface area contributed by atoms with Crippen molar-refractivity contribution in [1.29, 1.82) is 0 Å². The van der Waals surface area contributed by atoms with E-state index in [9.17, 15) is 0 Å². The molecule has 0 amide bonds. The molecule has 0 nitrogen and oxygen atoms in total. The molecule has 0 aliphatic heterocycles. The number of rotatable bonds is 6. The number of benzene rings is 1. The molecule has 0 spiro atoms. The first-order valence-electron chi connectivity index (χ1n) is 10.0. The second-order valence-corrected chi connectivity index (χ2v) is 21.2. The van der Waals surface area contributed by atoms with Crippen molar-refractivity contribution in [2.45, 2.75) is 20.8 Å². The molecule has 0 atom stereocenters.